The summed E-state index contributed by atoms with van der Waals surface area (Å²) >= 11 is 0. The minimum Gasteiger partial charge on any atom is -0.467 e. The van der Waals surface area contributed by atoms with Crippen LogP contribution in [-0.2, 0) is 17.8 Å². The number of aliphatic imine (C=N–C) groups is 1. The third-order valence-corrected chi connectivity index (χ3v) is 3.68. The number of nitrogens with one attached hydrogen (secondary N) is 3. The van der Waals surface area contributed by atoms with Crippen LogP contribution in [0.15, 0.2) is 52.1 Å². The molecule has 0 bridgehead atoms. The van der Waals surface area contributed by atoms with Crippen molar-refractivity contribution in [2.45, 2.75) is 26.1 Å². The molecule has 26 heavy (non-hydrogen) atoms. The number of rotatable bonds is 8. The molecule has 0 radical (unpaired) electrons. The first-order valence-electron chi connectivity index (χ1n) is 8.48. The van der Waals surface area contributed by atoms with Gasteiger partial charge >= 0.3 is 0 Å². The molecule has 0 aliphatic carbocycles. The summed E-state index contributed by atoms with van der Waals surface area (Å²) in [4.78, 5) is 16.5. The number of methoxy groups -OCH3 is 1. The fraction of sp³-hybridized carbons (Fsp3) is 0.368. The second-order valence-electron chi connectivity index (χ2n) is 5.89. The van der Waals surface area contributed by atoms with Gasteiger partial charge in [0.05, 0.1) is 19.4 Å². The molecule has 3 N–H and O–H groups in total. The van der Waals surface area contributed by atoms with Crippen LogP contribution in [0.2, 0.25) is 0 Å². The third-order valence-electron chi connectivity index (χ3n) is 3.68. The standard InChI is InChI=1S/C19H26N4O3/c1-14(13-25-3)23-19(20-2)22-11-15-6-4-7-16(10-15)18(24)21-12-17-8-5-9-26-17/h4-10,14H,11-13H2,1-3H3,(H,21,24)(H2,20,22,23). The summed E-state index contributed by atoms with van der Waals surface area (Å²) in [6.07, 6.45) is 1.59. The molecular weight excluding hydrogens is 332 g/mol. The van der Waals surface area contributed by atoms with Gasteiger partial charge in [0.15, 0.2) is 5.96 Å². The molecule has 1 heterocycles. The minimum atomic E-state index is -0.139. The quantitative estimate of drug-likeness (QED) is 0.496. The molecule has 7 nitrogen and oxygen atoms in total. The molecular formula is C19H26N4O3. The molecule has 0 saturated heterocycles. The maximum Gasteiger partial charge on any atom is 0.251 e. The van der Waals surface area contributed by atoms with E-state index in [9.17, 15) is 4.79 Å². The number of carbonyl (C=O) groups is 1. The van der Waals surface area contributed by atoms with Gasteiger partial charge < -0.3 is 25.1 Å². The zero-order chi connectivity index (χ0) is 18.8. The van der Waals surface area contributed by atoms with Crippen LogP contribution in [0.5, 0.6) is 0 Å². The van der Waals surface area contributed by atoms with Crippen molar-refractivity contribution in [3.63, 3.8) is 0 Å². The van der Waals surface area contributed by atoms with Crippen LogP contribution in [0, 0.1) is 0 Å². The van der Waals surface area contributed by atoms with Gasteiger partial charge in [0, 0.05) is 32.3 Å². The summed E-state index contributed by atoms with van der Waals surface area (Å²) in [6.45, 7) is 3.52. The molecule has 1 unspecified atom stereocenters. The number of benzene rings is 1. The molecule has 2 rings (SSSR count). The molecule has 0 spiro atoms. The zero-order valence-electron chi connectivity index (χ0n) is 15.4. The highest BCUT2D eigenvalue weighted by molar-refractivity contribution is 5.94. The van der Waals surface area contributed by atoms with Crippen molar-refractivity contribution in [3.8, 4) is 0 Å². The molecule has 0 fully saturated rings. The van der Waals surface area contributed by atoms with Gasteiger partial charge in [-0.25, -0.2) is 0 Å². The van der Waals surface area contributed by atoms with E-state index in [0.717, 1.165) is 11.3 Å². The lowest BCUT2D eigenvalue weighted by Crippen LogP contribution is -2.43. The second-order valence-corrected chi connectivity index (χ2v) is 5.89. The van der Waals surface area contributed by atoms with Gasteiger partial charge in [-0.1, -0.05) is 12.1 Å². The molecule has 7 heteroatoms. The highest BCUT2D eigenvalue weighted by Crippen LogP contribution is 2.06. The maximum atomic E-state index is 12.3. The van der Waals surface area contributed by atoms with Crippen molar-refractivity contribution in [1.29, 1.82) is 0 Å². The largest absolute Gasteiger partial charge is 0.467 e. The van der Waals surface area contributed by atoms with E-state index in [1.807, 2.05) is 31.2 Å². The lowest BCUT2D eigenvalue weighted by Gasteiger charge is -2.17. The highest BCUT2D eigenvalue weighted by Gasteiger charge is 2.08. The van der Waals surface area contributed by atoms with Crippen LogP contribution in [0.4, 0.5) is 0 Å². The summed E-state index contributed by atoms with van der Waals surface area (Å²) in [6, 6.07) is 11.2. The summed E-state index contributed by atoms with van der Waals surface area (Å²) in [5, 5.41) is 9.31. The van der Waals surface area contributed by atoms with Crippen LogP contribution in [-0.4, -0.2) is 38.7 Å². The van der Waals surface area contributed by atoms with Crippen molar-refractivity contribution in [3.05, 3.63) is 59.5 Å². The summed E-state index contributed by atoms with van der Waals surface area (Å²) in [7, 11) is 3.38. The van der Waals surface area contributed by atoms with E-state index in [1.54, 1.807) is 32.6 Å². The summed E-state index contributed by atoms with van der Waals surface area (Å²) in [5.74, 6) is 1.26. The lowest BCUT2D eigenvalue weighted by molar-refractivity contribution is 0.0948. The number of ether oxygens (including phenoxy) is 1. The Hall–Kier alpha value is -2.80. The average molecular weight is 358 g/mol. The van der Waals surface area contributed by atoms with Crippen molar-refractivity contribution in [2.24, 2.45) is 4.99 Å². The molecule has 0 saturated carbocycles. The van der Waals surface area contributed by atoms with E-state index < -0.39 is 0 Å². The molecule has 1 aromatic heterocycles. The van der Waals surface area contributed by atoms with Crippen LogP contribution in [0.25, 0.3) is 0 Å². The Kier molecular flexibility index (Phi) is 7.70. The Labute approximate surface area is 153 Å². The van der Waals surface area contributed by atoms with Crippen LogP contribution in [0.3, 0.4) is 0 Å². The van der Waals surface area contributed by atoms with E-state index in [0.29, 0.717) is 31.2 Å². The Morgan fingerprint density at radius 2 is 2.08 bits per heavy atom. The first-order chi connectivity index (χ1) is 12.6. The van der Waals surface area contributed by atoms with Crippen LogP contribution in [0.1, 0.15) is 28.6 Å². The number of guanidine groups is 1. The Morgan fingerprint density at radius 1 is 1.23 bits per heavy atom. The van der Waals surface area contributed by atoms with Gasteiger partial charge in [-0.3, -0.25) is 9.79 Å². The Bertz CT molecular complexity index is 713. The number of amides is 1. The van der Waals surface area contributed by atoms with E-state index in [2.05, 4.69) is 20.9 Å². The van der Waals surface area contributed by atoms with Gasteiger partial charge in [-0.2, -0.15) is 0 Å². The summed E-state index contributed by atoms with van der Waals surface area (Å²) < 4.78 is 10.3. The molecule has 0 aliphatic rings. The maximum absolute atomic E-state index is 12.3. The number of hydrogen-bond donors (Lipinski definition) is 3. The SMILES string of the molecule is CN=C(NCc1cccc(C(=O)NCc2ccco2)c1)NC(C)COC. The van der Waals surface area contributed by atoms with Crippen molar-refractivity contribution >= 4 is 11.9 Å². The Balaban J connectivity index is 1.88. The topological polar surface area (TPSA) is 87.9 Å². The number of hydrogen-bond acceptors (Lipinski definition) is 4. The van der Waals surface area contributed by atoms with Gasteiger partial charge in [0.25, 0.3) is 5.91 Å². The van der Waals surface area contributed by atoms with Gasteiger partial charge in [0.1, 0.15) is 5.76 Å². The Morgan fingerprint density at radius 3 is 2.77 bits per heavy atom. The van der Waals surface area contributed by atoms with Crippen LogP contribution >= 0.6 is 0 Å². The average Bonchev–Trinajstić information content (AvgIpc) is 3.17. The smallest absolute Gasteiger partial charge is 0.251 e. The molecule has 2 aromatic rings. The first-order valence-corrected chi connectivity index (χ1v) is 8.48. The third kappa shape index (κ3) is 6.25. The van der Waals surface area contributed by atoms with Gasteiger partial charge in [-0.05, 0) is 36.8 Å². The second kappa shape index (κ2) is 10.2. The number of furan rings is 1. The monoisotopic (exact) mass is 358 g/mol. The van der Waals surface area contributed by atoms with Crippen LogP contribution < -0.4 is 16.0 Å². The molecule has 0 aliphatic heterocycles. The van der Waals surface area contributed by atoms with Crippen molar-refractivity contribution < 1.29 is 13.9 Å². The molecule has 1 atom stereocenters. The van der Waals surface area contributed by atoms with E-state index in [-0.39, 0.29) is 11.9 Å². The van der Waals surface area contributed by atoms with Gasteiger partial charge in [-0.15, -0.1) is 0 Å². The molecule has 1 amide bonds. The van der Waals surface area contributed by atoms with E-state index in [1.165, 1.54) is 0 Å². The van der Waals surface area contributed by atoms with Crippen molar-refractivity contribution in [1.82, 2.24) is 16.0 Å². The first kappa shape index (κ1) is 19.5. The highest BCUT2D eigenvalue weighted by atomic mass is 16.5. The fourth-order valence-electron chi connectivity index (χ4n) is 2.41. The van der Waals surface area contributed by atoms with Crippen molar-refractivity contribution in [2.75, 3.05) is 20.8 Å². The number of carbonyl (C=O) groups excluding carboxylic acids is 1. The zero-order valence-corrected chi connectivity index (χ0v) is 15.4. The normalized spacial score (nSPS) is 12.5. The number of nitrogens with zero attached hydrogens (tertiary/aromatic N) is 1. The minimum absolute atomic E-state index is 0.139. The predicted molar refractivity (Wildman–Crippen MR) is 101 cm³/mol. The molecule has 1 aromatic carbocycles. The van der Waals surface area contributed by atoms with E-state index in [4.69, 9.17) is 9.15 Å². The summed E-state index contributed by atoms with van der Waals surface area (Å²) in [5.41, 5.74) is 1.59. The van der Waals surface area contributed by atoms with E-state index >= 15 is 0 Å². The molecule has 140 valence electrons. The van der Waals surface area contributed by atoms with Gasteiger partial charge in [0.2, 0.25) is 0 Å². The fourth-order valence-corrected chi connectivity index (χ4v) is 2.41. The lowest BCUT2D eigenvalue weighted by atomic mass is 10.1. The predicted octanol–water partition coefficient (Wildman–Crippen LogP) is 1.91.